The van der Waals surface area contributed by atoms with Gasteiger partial charge >= 0.3 is 11.9 Å². The third-order valence-corrected chi connectivity index (χ3v) is 6.46. The molecule has 3 unspecified atom stereocenters. The van der Waals surface area contributed by atoms with Crippen molar-refractivity contribution in [3.8, 4) is 5.75 Å². The predicted octanol–water partition coefficient (Wildman–Crippen LogP) is 2.86. The molecule has 0 radical (unpaired) electrons. The normalized spacial score (nSPS) is 21.8. The van der Waals surface area contributed by atoms with Crippen LogP contribution in [0.25, 0.3) is 0 Å². The first-order valence-electron chi connectivity index (χ1n) is 13.0. The van der Waals surface area contributed by atoms with Crippen molar-refractivity contribution in [2.45, 2.75) is 89.9 Å². The summed E-state index contributed by atoms with van der Waals surface area (Å²) in [5, 5.41) is 6.86. The van der Waals surface area contributed by atoms with Gasteiger partial charge in [0.1, 0.15) is 23.4 Å². The molecule has 3 atom stereocenters. The Kier molecular flexibility index (Phi) is 9.73. The maximum Gasteiger partial charge on any atom is 0.331 e. The molecule has 2 heterocycles. The van der Waals surface area contributed by atoms with E-state index in [1.54, 1.807) is 19.0 Å². The van der Waals surface area contributed by atoms with Gasteiger partial charge in [0.25, 0.3) is 5.91 Å². The van der Waals surface area contributed by atoms with Crippen LogP contribution in [0.1, 0.15) is 65.4 Å². The number of nitrogens with one attached hydrogen (secondary N) is 1. The Balaban J connectivity index is 1.75. The Morgan fingerprint density at radius 3 is 2.39 bits per heavy atom. The van der Waals surface area contributed by atoms with Crippen molar-refractivity contribution in [2.75, 3.05) is 26.8 Å². The maximum absolute atomic E-state index is 13.8. The van der Waals surface area contributed by atoms with Crippen LogP contribution in [0.4, 0.5) is 0 Å². The molecular formula is C27H41N3O6. The molecule has 1 aromatic carbocycles. The van der Waals surface area contributed by atoms with Gasteiger partial charge in [-0.15, -0.1) is 0 Å². The topological polar surface area (TPSA) is 97.4 Å². The first-order chi connectivity index (χ1) is 17.1. The molecule has 9 heteroatoms. The lowest BCUT2D eigenvalue weighted by atomic mass is 10.0. The first kappa shape index (κ1) is 27.9. The van der Waals surface area contributed by atoms with E-state index in [1.807, 2.05) is 50.0 Å². The van der Waals surface area contributed by atoms with Crippen molar-refractivity contribution in [2.24, 2.45) is 0 Å². The zero-order valence-corrected chi connectivity index (χ0v) is 22.2. The van der Waals surface area contributed by atoms with E-state index in [4.69, 9.17) is 14.2 Å². The van der Waals surface area contributed by atoms with Crippen LogP contribution in [0.5, 0.6) is 5.75 Å². The van der Waals surface area contributed by atoms with E-state index < -0.39 is 23.7 Å². The van der Waals surface area contributed by atoms with Crippen LogP contribution in [0.2, 0.25) is 0 Å². The molecule has 0 saturated carbocycles. The number of esters is 2. The van der Waals surface area contributed by atoms with E-state index >= 15 is 0 Å². The third-order valence-electron chi connectivity index (χ3n) is 6.46. The monoisotopic (exact) mass is 503 g/mol. The van der Waals surface area contributed by atoms with Crippen LogP contribution in [0.3, 0.4) is 0 Å². The minimum Gasteiger partial charge on any atom is -0.497 e. The number of carbonyl (C=O) groups is 3. The van der Waals surface area contributed by atoms with Crippen molar-refractivity contribution in [1.29, 1.82) is 0 Å². The summed E-state index contributed by atoms with van der Waals surface area (Å²) in [4.78, 5) is 39.6. The molecule has 1 aromatic rings. The zero-order valence-electron chi connectivity index (χ0n) is 22.2. The second-order valence-electron chi connectivity index (χ2n) is 10.4. The Labute approximate surface area is 214 Å². The smallest absolute Gasteiger partial charge is 0.331 e. The second-order valence-corrected chi connectivity index (χ2v) is 10.4. The zero-order chi connectivity index (χ0) is 26.3. The number of carbonyl (C=O) groups excluding carboxylic acids is 3. The number of ether oxygens (including phenoxy) is 3. The number of hydrogen-bond acceptors (Lipinski definition) is 8. The first-order valence-corrected chi connectivity index (χ1v) is 13.0. The van der Waals surface area contributed by atoms with Gasteiger partial charge in [0.15, 0.2) is 0 Å². The van der Waals surface area contributed by atoms with Gasteiger partial charge in [-0.1, -0.05) is 12.1 Å². The van der Waals surface area contributed by atoms with Gasteiger partial charge in [-0.3, -0.25) is 19.9 Å². The van der Waals surface area contributed by atoms with Crippen molar-refractivity contribution in [3.63, 3.8) is 0 Å². The highest BCUT2D eigenvalue weighted by Gasteiger charge is 2.43. The number of fused-ring (bicyclic) bond motifs is 1. The van der Waals surface area contributed by atoms with Crippen LogP contribution >= 0.6 is 0 Å². The molecule has 0 spiro atoms. The number of hydrazine groups is 1. The molecule has 0 aromatic heterocycles. The Bertz CT molecular complexity index is 898. The predicted molar refractivity (Wildman–Crippen MR) is 135 cm³/mol. The van der Waals surface area contributed by atoms with Gasteiger partial charge in [0, 0.05) is 13.1 Å². The summed E-state index contributed by atoms with van der Waals surface area (Å²) in [5.41, 5.74) is 0.425. The molecule has 2 aliphatic heterocycles. The van der Waals surface area contributed by atoms with E-state index in [2.05, 4.69) is 5.32 Å². The van der Waals surface area contributed by atoms with Crippen molar-refractivity contribution in [1.82, 2.24) is 15.3 Å². The highest BCUT2D eigenvalue weighted by molar-refractivity contribution is 5.88. The van der Waals surface area contributed by atoms with Gasteiger partial charge in [-0.25, -0.2) is 9.80 Å². The van der Waals surface area contributed by atoms with E-state index in [0.717, 1.165) is 30.7 Å². The Hall–Kier alpha value is -2.65. The molecule has 9 nitrogen and oxygen atoms in total. The number of hydrogen-bond donors (Lipinski definition) is 1. The minimum atomic E-state index is -0.659. The summed E-state index contributed by atoms with van der Waals surface area (Å²) in [6.07, 6.45) is 3.84. The molecule has 0 bridgehead atoms. The standard InChI is InChI=1S/C27H41N3O6/c1-6-35-25(32)22(16-13-19-11-14-20(34-5)15-12-19)28-21-9-7-17-29-18-8-10-23(30(29)24(21)31)26(33)36-27(2,3)4/h11-12,14-15,21-23,28H,6-10,13,16-18H2,1-5H3. The molecule has 1 N–H and O–H groups in total. The quantitative estimate of drug-likeness (QED) is 0.514. The number of amides is 1. The SMILES string of the molecule is CCOC(=O)C(CCc1ccc(OC)cc1)NC1CCCN2CCCC(C(=O)OC(C)(C)C)N2C1=O. The van der Waals surface area contributed by atoms with E-state index in [-0.39, 0.29) is 24.5 Å². The lowest BCUT2D eigenvalue weighted by Crippen LogP contribution is -2.62. The van der Waals surface area contributed by atoms with E-state index in [9.17, 15) is 14.4 Å². The third kappa shape index (κ3) is 7.43. The number of nitrogens with zero attached hydrogens (tertiary/aromatic N) is 2. The molecule has 0 aliphatic carbocycles. The lowest BCUT2D eigenvalue weighted by Gasteiger charge is -2.43. The highest BCUT2D eigenvalue weighted by Crippen LogP contribution is 2.26. The Morgan fingerprint density at radius 1 is 1.11 bits per heavy atom. The van der Waals surface area contributed by atoms with Gasteiger partial charge in [0.05, 0.1) is 19.8 Å². The molecule has 1 amide bonds. The number of rotatable bonds is 9. The number of aryl methyl sites for hydroxylation is 1. The molecule has 2 aliphatic rings. The molecule has 2 saturated heterocycles. The van der Waals surface area contributed by atoms with E-state index in [0.29, 0.717) is 32.2 Å². The summed E-state index contributed by atoms with van der Waals surface area (Å²) < 4.78 is 16.2. The summed E-state index contributed by atoms with van der Waals surface area (Å²) in [5.74, 6) is -0.180. The average molecular weight is 504 g/mol. The maximum atomic E-state index is 13.8. The fourth-order valence-corrected chi connectivity index (χ4v) is 4.77. The van der Waals surface area contributed by atoms with Gasteiger partial charge < -0.3 is 14.2 Å². The molecular weight excluding hydrogens is 462 g/mol. The van der Waals surface area contributed by atoms with Gasteiger partial charge in [-0.2, -0.15) is 0 Å². The second kappa shape index (κ2) is 12.5. The average Bonchev–Trinajstić information content (AvgIpc) is 2.99. The summed E-state index contributed by atoms with van der Waals surface area (Å²) >= 11 is 0. The fourth-order valence-electron chi connectivity index (χ4n) is 4.77. The summed E-state index contributed by atoms with van der Waals surface area (Å²) in [7, 11) is 1.62. The van der Waals surface area contributed by atoms with Crippen molar-refractivity contribution < 1.29 is 28.6 Å². The van der Waals surface area contributed by atoms with Gasteiger partial charge in [0.2, 0.25) is 0 Å². The fraction of sp³-hybridized carbons (Fsp3) is 0.667. The minimum absolute atomic E-state index is 0.193. The number of benzene rings is 1. The largest absolute Gasteiger partial charge is 0.497 e. The lowest BCUT2D eigenvalue weighted by molar-refractivity contribution is -0.184. The van der Waals surface area contributed by atoms with Crippen LogP contribution in [-0.4, -0.2) is 78.4 Å². The number of methoxy groups -OCH3 is 1. The van der Waals surface area contributed by atoms with Crippen molar-refractivity contribution in [3.05, 3.63) is 29.8 Å². The molecule has 36 heavy (non-hydrogen) atoms. The van der Waals surface area contributed by atoms with Crippen LogP contribution in [-0.2, 0) is 30.3 Å². The summed E-state index contributed by atoms with van der Waals surface area (Å²) in [6, 6.07) is 5.81. The molecule has 3 rings (SSSR count). The summed E-state index contributed by atoms with van der Waals surface area (Å²) in [6.45, 7) is 8.91. The van der Waals surface area contributed by atoms with Crippen molar-refractivity contribution >= 4 is 17.8 Å². The molecule has 200 valence electrons. The van der Waals surface area contributed by atoms with Crippen LogP contribution in [0, 0.1) is 0 Å². The Morgan fingerprint density at radius 2 is 1.78 bits per heavy atom. The molecule has 2 fully saturated rings. The van der Waals surface area contributed by atoms with Gasteiger partial charge in [-0.05, 0) is 83.9 Å². The highest BCUT2D eigenvalue weighted by atomic mass is 16.6. The van der Waals surface area contributed by atoms with Crippen LogP contribution in [0.15, 0.2) is 24.3 Å². The van der Waals surface area contributed by atoms with Crippen LogP contribution < -0.4 is 10.1 Å². The van der Waals surface area contributed by atoms with E-state index in [1.165, 1.54) is 0 Å².